The normalized spacial score (nSPS) is 11.4. The van der Waals surface area contributed by atoms with Gasteiger partial charge in [0.25, 0.3) is 0 Å². The first-order chi connectivity index (χ1) is 13.7. The molecule has 0 spiro atoms. The van der Waals surface area contributed by atoms with Crippen molar-refractivity contribution in [3.8, 4) is 5.75 Å². The van der Waals surface area contributed by atoms with Crippen LogP contribution in [0.5, 0.6) is 5.75 Å². The van der Waals surface area contributed by atoms with Gasteiger partial charge >= 0.3 is 0 Å². The second kappa shape index (κ2) is 10.3. The molecule has 2 rings (SSSR count). The number of ether oxygens (including phenoxy) is 1. The molecule has 6 heteroatoms. The zero-order valence-electron chi connectivity index (χ0n) is 17.6. The van der Waals surface area contributed by atoms with Gasteiger partial charge in [-0.1, -0.05) is 63.0 Å². The first-order valence-electron chi connectivity index (χ1n) is 9.86. The second-order valence-electron chi connectivity index (χ2n) is 8.03. The predicted octanol–water partition coefficient (Wildman–Crippen LogP) is 5.66. The average Bonchev–Trinajstić information content (AvgIpc) is 2.66. The molecular formula is C23H30Cl2N2O2. The van der Waals surface area contributed by atoms with Crippen LogP contribution in [0.25, 0.3) is 0 Å². The van der Waals surface area contributed by atoms with E-state index in [0.29, 0.717) is 28.9 Å². The molecule has 0 radical (unpaired) electrons. The Morgan fingerprint density at radius 1 is 1.14 bits per heavy atom. The Bertz CT molecular complexity index is 861. The van der Waals surface area contributed by atoms with Crippen LogP contribution in [0.15, 0.2) is 30.3 Å². The topological polar surface area (TPSA) is 64.3 Å². The molecule has 0 saturated carbocycles. The highest BCUT2D eigenvalue weighted by Gasteiger charge is 2.22. The second-order valence-corrected chi connectivity index (χ2v) is 8.85. The summed E-state index contributed by atoms with van der Waals surface area (Å²) < 4.78 is 5.61. The van der Waals surface area contributed by atoms with E-state index in [1.54, 1.807) is 6.07 Å². The highest BCUT2D eigenvalue weighted by molar-refractivity contribution is 6.33. The third-order valence-corrected chi connectivity index (χ3v) is 5.41. The third kappa shape index (κ3) is 6.36. The number of halogens is 2. The minimum absolute atomic E-state index is 0.00266. The Balaban J connectivity index is 2.11. The molecule has 0 amide bonds. The fourth-order valence-electron chi connectivity index (χ4n) is 2.94. The minimum Gasteiger partial charge on any atom is -0.484 e. The maximum absolute atomic E-state index is 12.0. The molecule has 3 N–H and O–H groups in total. The number of nitrogens with two attached hydrogens (primary N) is 1. The van der Waals surface area contributed by atoms with Crippen LogP contribution in [0.2, 0.25) is 10.0 Å². The van der Waals surface area contributed by atoms with Gasteiger partial charge in [-0.05, 0) is 54.3 Å². The standard InChI is InChI=1S/C23H30Cl2N2O2/c1-5-16-7-8-18(24)22(17(16)10-11-26)27-13-15-6-9-20(19(25)12-15)29-14-21(28)23(2,3)4/h6-9,12,27H,5,10-11,13-14,26H2,1-4H3. The Morgan fingerprint density at radius 3 is 2.45 bits per heavy atom. The zero-order valence-corrected chi connectivity index (χ0v) is 19.1. The number of anilines is 1. The van der Waals surface area contributed by atoms with Crippen LogP contribution in [-0.2, 0) is 24.2 Å². The van der Waals surface area contributed by atoms with Crippen LogP contribution in [-0.4, -0.2) is 18.9 Å². The predicted molar refractivity (Wildman–Crippen MR) is 122 cm³/mol. The summed E-state index contributed by atoms with van der Waals surface area (Å²) in [6, 6.07) is 9.53. The van der Waals surface area contributed by atoms with Gasteiger partial charge in [0.15, 0.2) is 5.78 Å². The van der Waals surface area contributed by atoms with Crippen molar-refractivity contribution in [3.63, 3.8) is 0 Å². The summed E-state index contributed by atoms with van der Waals surface area (Å²) in [6.45, 7) is 8.85. The molecule has 0 heterocycles. The van der Waals surface area contributed by atoms with E-state index in [1.165, 1.54) is 5.56 Å². The van der Waals surface area contributed by atoms with Gasteiger partial charge in [0.2, 0.25) is 0 Å². The molecule has 0 aliphatic rings. The Kier molecular flexibility index (Phi) is 8.38. The number of carbonyl (C=O) groups excluding carboxylic acids is 1. The molecule has 0 fully saturated rings. The summed E-state index contributed by atoms with van der Waals surface area (Å²) in [7, 11) is 0. The van der Waals surface area contributed by atoms with Gasteiger partial charge in [-0.15, -0.1) is 0 Å². The van der Waals surface area contributed by atoms with Crippen LogP contribution >= 0.6 is 23.2 Å². The number of benzene rings is 2. The van der Waals surface area contributed by atoms with Crippen molar-refractivity contribution in [1.29, 1.82) is 0 Å². The lowest BCUT2D eigenvalue weighted by molar-refractivity contribution is -0.128. The first kappa shape index (κ1) is 23.5. The molecule has 29 heavy (non-hydrogen) atoms. The number of aryl methyl sites for hydroxylation is 1. The van der Waals surface area contributed by atoms with Crippen molar-refractivity contribution >= 4 is 34.7 Å². The number of ketones is 1. The Labute approximate surface area is 183 Å². The van der Waals surface area contributed by atoms with Crippen molar-refractivity contribution in [1.82, 2.24) is 0 Å². The molecule has 158 valence electrons. The molecule has 0 saturated heterocycles. The largest absolute Gasteiger partial charge is 0.484 e. The van der Waals surface area contributed by atoms with E-state index in [0.717, 1.165) is 29.7 Å². The Hall–Kier alpha value is -1.75. The summed E-state index contributed by atoms with van der Waals surface area (Å²) in [6.07, 6.45) is 1.69. The van der Waals surface area contributed by atoms with Gasteiger partial charge in [0.1, 0.15) is 12.4 Å². The van der Waals surface area contributed by atoms with Crippen molar-refractivity contribution < 1.29 is 9.53 Å². The van der Waals surface area contributed by atoms with E-state index >= 15 is 0 Å². The van der Waals surface area contributed by atoms with E-state index in [9.17, 15) is 4.79 Å². The summed E-state index contributed by atoms with van der Waals surface area (Å²) in [5, 5.41) is 4.58. The number of rotatable bonds is 9. The van der Waals surface area contributed by atoms with E-state index in [4.69, 9.17) is 33.7 Å². The zero-order chi connectivity index (χ0) is 21.6. The van der Waals surface area contributed by atoms with Gasteiger partial charge in [-0.3, -0.25) is 4.79 Å². The number of hydrogen-bond acceptors (Lipinski definition) is 4. The highest BCUT2D eigenvalue weighted by Crippen LogP contribution is 2.31. The van der Waals surface area contributed by atoms with Crippen molar-refractivity contribution in [2.75, 3.05) is 18.5 Å². The SMILES string of the molecule is CCc1ccc(Cl)c(NCc2ccc(OCC(=O)C(C)(C)C)c(Cl)c2)c1CCN. The molecular weight excluding hydrogens is 407 g/mol. The van der Waals surface area contributed by atoms with Crippen molar-refractivity contribution in [3.05, 3.63) is 57.1 Å². The van der Waals surface area contributed by atoms with Gasteiger partial charge in [0.05, 0.1) is 15.7 Å². The van der Waals surface area contributed by atoms with Gasteiger partial charge in [-0.2, -0.15) is 0 Å². The molecule has 0 bridgehead atoms. The lowest BCUT2D eigenvalue weighted by atomic mass is 9.91. The highest BCUT2D eigenvalue weighted by atomic mass is 35.5. The molecule has 0 aliphatic carbocycles. The number of Topliss-reactive ketones (excluding diaryl/α,β-unsaturated/α-hetero) is 1. The van der Waals surface area contributed by atoms with Crippen LogP contribution < -0.4 is 15.8 Å². The maximum atomic E-state index is 12.0. The fraction of sp³-hybridized carbons (Fsp3) is 0.435. The van der Waals surface area contributed by atoms with E-state index in [-0.39, 0.29) is 12.4 Å². The maximum Gasteiger partial charge on any atom is 0.175 e. The lowest BCUT2D eigenvalue weighted by Crippen LogP contribution is -2.26. The van der Waals surface area contributed by atoms with E-state index in [2.05, 4.69) is 18.3 Å². The summed E-state index contributed by atoms with van der Waals surface area (Å²) in [4.78, 5) is 12.0. The van der Waals surface area contributed by atoms with E-state index < -0.39 is 5.41 Å². The summed E-state index contributed by atoms with van der Waals surface area (Å²) >= 11 is 12.8. The number of nitrogens with one attached hydrogen (secondary N) is 1. The van der Waals surface area contributed by atoms with Crippen LogP contribution in [0.4, 0.5) is 5.69 Å². The molecule has 2 aromatic rings. The van der Waals surface area contributed by atoms with Gasteiger partial charge in [-0.25, -0.2) is 0 Å². The summed E-state index contributed by atoms with van der Waals surface area (Å²) in [5.41, 5.74) is 9.67. The molecule has 2 aromatic carbocycles. The molecule has 0 unspecified atom stereocenters. The molecule has 0 aliphatic heterocycles. The Morgan fingerprint density at radius 2 is 1.86 bits per heavy atom. The van der Waals surface area contributed by atoms with E-state index in [1.807, 2.05) is 39.0 Å². The number of carbonyl (C=O) groups is 1. The fourth-order valence-corrected chi connectivity index (χ4v) is 3.44. The van der Waals surface area contributed by atoms with Crippen LogP contribution in [0.3, 0.4) is 0 Å². The first-order valence-corrected chi connectivity index (χ1v) is 10.6. The van der Waals surface area contributed by atoms with Crippen molar-refractivity contribution in [2.45, 2.75) is 47.1 Å². The molecule has 4 nitrogen and oxygen atoms in total. The number of hydrogen-bond donors (Lipinski definition) is 2. The quantitative estimate of drug-likeness (QED) is 0.531. The van der Waals surface area contributed by atoms with Crippen LogP contribution in [0.1, 0.15) is 44.4 Å². The summed E-state index contributed by atoms with van der Waals surface area (Å²) in [5.74, 6) is 0.528. The monoisotopic (exact) mass is 436 g/mol. The lowest BCUT2D eigenvalue weighted by Gasteiger charge is -2.18. The molecule has 0 aromatic heterocycles. The average molecular weight is 437 g/mol. The third-order valence-electron chi connectivity index (χ3n) is 4.80. The van der Waals surface area contributed by atoms with Gasteiger partial charge in [0, 0.05) is 12.0 Å². The smallest absolute Gasteiger partial charge is 0.175 e. The van der Waals surface area contributed by atoms with Gasteiger partial charge < -0.3 is 15.8 Å². The minimum atomic E-state index is -0.441. The van der Waals surface area contributed by atoms with Crippen molar-refractivity contribution in [2.24, 2.45) is 11.1 Å². The van der Waals surface area contributed by atoms with Crippen LogP contribution in [0, 0.1) is 5.41 Å². The molecule has 0 atom stereocenters.